The molecule has 0 radical (unpaired) electrons. The van der Waals surface area contributed by atoms with Crippen LogP contribution in [0.3, 0.4) is 0 Å². The number of hydrogen-bond donors (Lipinski definition) is 3. The predicted octanol–water partition coefficient (Wildman–Crippen LogP) is 22.4. The Morgan fingerprint density at radius 1 is 0.320 bits per heavy atom. The van der Waals surface area contributed by atoms with Crippen LogP contribution in [-0.4, -0.2) is 117 Å². The standard InChI is InChI=1S/C81H148O17P2/c1-2-3-4-5-6-7-8-9-16-23-30-37-44-51-58-65-81(86)98-80(75-92-70-63-56-49-42-35-28-21-14-11-18-25-32-39-46-53-60-67-83)77-97-100(89,90)95-73-78(85)72-94-99(87,88)96-76-79(93-71-64-57-50-43-36-29-22-15-12-19-26-33-40-47-54-61-68-84)74-91-69-62-55-48-41-34-27-20-13-10-17-24-31-38-45-52-59-66-82/h6-7,9-12,16-19,66-68,78-80,85H,2-5,8,13-15,20-65,69-77H2,1H3,(H,87,88)(H,89,90)/b7-6-,16-9-,17-10-,18-11-,19-12-/t78-,79+,80+/m0/s1. The smallest absolute Gasteiger partial charge is 0.457 e. The van der Waals surface area contributed by atoms with E-state index in [9.17, 15) is 43.2 Å². The van der Waals surface area contributed by atoms with Crippen LogP contribution < -0.4 is 0 Å². The molecule has 0 aliphatic heterocycles. The van der Waals surface area contributed by atoms with Gasteiger partial charge in [0, 0.05) is 45.5 Å². The van der Waals surface area contributed by atoms with Crippen LogP contribution in [0, 0.1) is 0 Å². The Hall–Kier alpha value is -2.76. The van der Waals surface area contributed by atoms with Crippen LogP contribution in [-0.2, 0) is 65.4 Å². The summed E-state index contributed by atoms with van der Waals surface area (Å²) in [6.07, 6.45) is 79.4. The van der Waals surface area contributed by atoms with Crippen molar-refractivity contribution in [2.75, 3.05) is 59.5 Å². The fourth-order valence-electron chi connectivity index (χ4n) is 11.3. The zero-order valence-electron chi connectivity index (χ0n) is 63.2. The number of allylic oxidation sites excluding steroid dienone is 10. The quantitative estimate of drug-likeness (QED) is 0.0169. The Kier molecular flexibility index (Phi) is 76.6. The monoisotopic (exact) mass is 1460 g/mol. The lowest BCUT2D eigenvalue weighted by molar-refractivity contribution is -0.154. The summed E-state index contributed by atoms with van der Waals surface area (Å²) >= 11 is 0. The average molecular weight is 1460 g/mol. The molecule has 0 saturated heterocycles. The molecular formula is C81H148O17P2. The minimum atomic E-state index is -4.83. The van der Waals surface area contributed by atoms with Crippen molar-refractivity contribution >= 4 is 40.5 Å². The molecule has 19 heteroatoms. The number of esters is 1. The van der Waals surface area contributed by atoms with Gasteiger partial charge in [0.1, 0.15) is 37.2 Å². The van der Waals surface area contributed by atoms with Gasteiger partial charge < -0.3 is 48.2 Å². The first-order valence-corrected chi connectivity index (χ1v) is 43.4. The van der Waals surface area contributed by atoms with Crippen LogP contribution in [0.25, 0.3) is 0 Å². The van der Waals surface area contributed by atoms with Crippen molar-refractivity contribution in [3.05, 3.63) is 60.8 Å². The van der Waals surface area contributed by atoms with Gasteiger partial charge in [-0.1, -0.05) is 235 Å². The zero-order valence-corrected chi connectivity index (χ0v) is 65.0. The summed E-state index contributed by atoms with van der Waals surface area (Å²) in [7, 11) is -9.56. The third-order valence-electron chi connectivity index (χ3n) is 17.5. The molecule has 0 rings (SSSR count). The van der Waals surface area contributed by atoms with Crippen LogP contribution >= 0.6 is 15.6 Å². The van der Waals surface area contributed by atoms with Crippen molar-refractivity contribution in [1.29, 1.82) is 0 Å². The van der Waals surface area contributed by atoms with Gasteiger partial charge in [-0.15, -0.1) is 0 Å². The molecular weight excluding hydrogens is 1310 g/mol. The van der Waals surface area contributed by atoms with Gasteiger partial charge in [-0.05, 0) is 154 Å². The number of rotatable bonds is 83. The van der Waals surface area contributed by atoms with Crippen LogP contribution in [0.15, 0.2) is 60.8 Å². The highest BCUT2D eigenvalue weighted by Crippen LogP contribution is 2.45. The minimum Gasteiger partial charge on any atom is -0.457 e. The number of carbonyl (C=O) groups is 4. The van der Waals surface area contributed by atoms with Gasteiger partial charge in [0.15, 0.2) is 0 Å². The number of phosphoric acid groups is 2. The van der Waals surface area contributed by atoms with Crippen molar-refractivity contribution in [3.63, 3.8) is 0 Å². The number of aliphatic hydroxyl groups excluding tert-OH is 1. The van der Waals surface area contributed by atoms with E-state index in [2.05, 4.69) is 67.7 Å². The maximum Gasteiger partial charge on any atom is 0.472 e. The summed E-state index contributed by atoms with van der Waals surface area (Å²) in [6.45, 7) is 1.34. The maximum atomic E-state index is 13.1. The van der Waals surface area contributed by atoms with E-state index in [0.717, 1.165) is 211 Å². The van der Waals surface area contributed by atoms with Gasteiger partial charge >= 0.3 is 21.6 Å². The fourth-order valence-corrected chi connectivity index (χ4v) is 12.9. The van der Waals surface area contributed by atoms with E-state index in [1.54, 1.807) is 0 Å². The Labute approximate surface area is 610 Å². The molecule has 584 valence electrons. The van der Waals surface area contributed by atoms with E-state index in [-0.39, 0.29) is 26.2 Å². The Morgan fingerprint density at radius 2 is 0.590 bits per heavy atom. The molecule has 0 aromatic heterocycles. The van der Waals surface area contributed by atoms with E-state index >= 15 is 0 Å². The highest BCUT2D eigenvalue weighted by atomic mass is 31.2. The van der Waals surface area contributed by atoms with Gasteiger partial charge in [-0.2, -0.15) is 0 Å². The van der Waals surface area contributed by atoms with Crippen molar-refractivity contribution in [1.82, 2.24) is 0 Å². The molecule has 0 aliphatic carbocycles. The Bertz CT molecular complexity index is 2030. The van der Waals surface area contributed by atoms with Gasteiger partial charge in [0.25, 0.3) is 0 Å². The van der Waals surface area contributed by atoms with E-state index in [0.29, 0.717) is 45.5 Å². The van der Waals surface area contributed by atoms with E-state index in [1.807, 2.05) is 0 Å². The fraction of sp³-hybridized carbons (Fsp3) is 0.827. The Balaban J connectivity index is 5.14. The second-order valence-corrected chi connectivity index (χ2v) is 30.1. The molecule has 0 bridgehead atoms. The number of aliphatic hydroxyl groups is 1. The second-order valence-electron chi connectivity index (χ2n) is 27.2. The van der Waals surface area contributed by atoms with Crippen LogP contribution in [0.1, 0.15) is 354 Å². The highest BCUT2D eigenvalue weighted by Gasteiger charge is 2.29. The zero-order chi connectivity index (χ0) is 72.7. The summed E-state index contributed by atoms with van der Waals surface area (Å²) in [4.78, 5) is 65.7. The number of hydrogen-bond acceptors (Lipinski definition) is 15. The van der Waals surface area contributed by atoms with E-state index in [4.69, 9.17) is 37.0 Å². The first kappa shape index (κ1) is 97.2. The van der Waals surface area contributed by atoms with Crippen LogP contribution in [0.5, 0.6) is 0 Å². The van der Waals surface area contributed by atoms with Gasteiger partial charge in [0.05, 0.1) is 39.6 Å². The predicted molar refractivity (Wildman–Crippen MR) is 410 cm³/mol. The lowest BCUT2D eigenvalue weighted by atomic mass is 10.1. The molecule has 0 aliphatic rings. The molecule has 2 unspecified atom stereocenters. The summed E-state index contributed by atoms with van der Waals surface area (Å²) in [5.41, 5.74) is 0. The lowest BCUT2D eigenvalue weighted by Crippen LogP contribution is -2.29. The Morgan fingerprint density at radius 3 is 0.940 bits per heavy atom. The number of unbranched alkanes of at least 4 members (excludes halogenated alkanes) is 44. The number of carbonyl (C=O) groups excluding carboxylic acids is 4. The number of aldehydes is 3. The summed E-state index contributed by atoms with van der Waals surface area (Å²) in [5.74, 6) is -0.461. The van der Waals surface area contributed by atoms with E-state index in [1.165, 1.54) is 122 Å². The normalized spacial score (nSPS) is 14.3. The molecule has 3 N–H and O–H groups in total. The largest absolute Gasteiger partial charge is 0.472 e. The number of ether oxygens (including phenoxy) is 4. The molecule has 0 aromatic carbocycles. The van der Waals surface area contributed by atoms with Crippen LogP contribution in [0.4, 0.5) is 0 Å². The highest BCUT2D eigenvalue weighted by molar-refractivity contribution is 7.47. The molecule has 0 amide bonds. The van der Waals surface area contributed by atoms with Gasteiger partial charge in [0.2, 0.25) is 0 Å². The van der Waals surface area contributed by atoms with Gasteiger partial charge in [-0.25, -0.2) is 9.13 Å². The third kappa shape index (κ3) is 77.8. The molecule has 0 spiro atoms. The van der Waals surface area contributed by atoms with Crippen molar-refractivity contribution < 1.29 is 80.2 Å². The first-order chi connectivity index (χ1) is 49.0. The maximum absolute atomic E-state index is 13.1. The summed E-state index contributed by atoms with van der Waals surface area (Å²) in [5, 5.41) is 10.7. The molecule has 0 aromatic rings. The van der Waals surface area contributed by atoms with Crippen molar-refractivity contribution in [2.45, 2.75) is 372 Å². The molecule has 17 nitrogen and oxygen atoms in total. The molecule has 100 heavy (non-hydrogen) atoms. The third-order valence-corrected chi connectivity index (χ3v) is 19.4. The average Bonchev–Trinajstić information content (AvgIpc) is 1.04. The molecule has 5 atom stereocenters. The van der Waals surface area contributed by atoms with E-state index < -0.39 is 59.7 Å². The van der Waals surface area contributed by atoms with Crippen molar-refractivity contribution in [3.8, 4) is 0 Å². The number of phosphoric ester groups is 2. The van der Waals surface area contributed by atoms with Crippen molar-refractivity contribution in [2.24, 2.45) is 0 Å². The summed E-state index contributed by atoms with van der Waals surface area (Å²) < 4.78 is 70.7. The summed E-state index contributed by atoms with van der Waals surface area (Å²) in [6, 6.07) is 0. The lowest BCUT2D eigenvalue weighted by Gasteiger charge is -2.21. The van der Waals surface area contributed by atoms with Gasteiger partial charge in [-0.3, -0.25) is 22.9 Å². The molecule has 0 fully saturated rings. The minimum absolute atomic E-state index is 0.0529. The van der Waals surface area contributed by atoms with Crippen LogP contribution in [0.2, 0.25) is 0 Å². The molecule has 0 saturated carbocycles. The topological polar surface area (TPSA) is 237 Å². The first-order valence-electron chi connectivity index (χ1n) is 40.4. The molecule has 0 heterocycles. The second kappa shape index (κ2) is 78.8. The SMILES string of the molecule is CCCCC/C=C\C/C=C\CCCCCCCC(=O)O[C@H](COCCCCCCCCC/C=C\CCCCCCC=O)COP(=O)(O)OC[C@@H](O)COP(=O)(O)OC[C@@H](COCCCCCCCCC/C=C\CCCCCCC=O)OCCCCCCCCC/C=C\CCCCCCC=O.